The summed E-state index contributed by atoms with van der Waals surface area (Å²) in [4.78, 5) is 30.1. The summed E-state index contributed by atoms with van der Waals surface area (Å²) >= 11 is 0. The van der Waals surface area contributed by atoms with E-state index in [1.807, 2.05) is 6.07 Å². The molecule has 0 amide bonds. The number of hydrogen-bond donors (Lipinski definition) is 2. The summed E-state index contributed by atoms with van der Waals surface area (Å²) in [5, 5.41) is 21.8. The first-order chi connectivity index (χ1) is 14.4. The fraction of sp³-hybridized carbons (Fsp3) is 0.217. The largest absolute Gasteiger partial charge is 0.507 e. The zero-order valence-electron chi connectivity index (χ0n) is 16.2. The van der Waals surface area contributed by atoms with Crippen molar-refractivity contribution in [1.29, 1.82) is 0 Å². The highest BCUT2D eigenvalue weighted by atomic mass is 16.6. The molecule has 0 saturated heterocycles. The molecule has 2 N–H and O–H groups in total. The lowest BCUT2D eigenvalue weighted by molar-refractivity contribution is -0.172. The van der Waals surface area contributed by atoms with Gasteiger partial charge in [-0.1, -0.05) is 13.5 Å². The molecule has 0 fully saturated rings. The summed E-state index contributed by atoms with van der Waals surface area (Å²) in [6.45, 7) is 5.37. The van der Waals surface area contributed by atoms with Crippen molar-refractivity contribution in [1.82, 2.24) is 9.55 Å². The standard InChI is InChI=1S/C23H18N2O5/c1-3-5-13-14-8-12-10-25-18(20(12)24-17(14)6-7-19(13)26)9-16-15(21(25)27)11-30-22(28)23(16,29)4-2/h5-9,26,29H,1,4,10-11H2,2H3. The Labute approximate surface area is 171 Å². The van der Waals surface area contributed by atoms with E-state index in [1.54, 1.807) is 35.8 Å². The second kappa shape index (κ2) is 6.16. The van der Waals surface area contributed by atoms with Crippen LogP contribution in [0.25, 0.3) is 28.4 Å². The van der Waals surface area contributed by atoms with Crippen LogP contribution in [0.1, 0.15) is 35.6 Å². The zero-order chi connectivity index (χ0) is 21.2. The van der Waals surface area contributed by atoms with Crippen molar-refractivity contribution in [2.24, 2.45) is 0 Å². The number of phenols is 1. The number of benzene rings is 1. The molecule has 150 valence electrons. The van der Waals surface area contributed by atoms with E-state index in [0.29, 0.717) is 29.0 Å². The van der Waals surface area contributed by atoms with E-state index >= 15 is 0 Å². The molecule has 0 bridgehead atoms. The van der Waals surface area contributed by atoms with Gasteiger partial charge in [-0.2, -0.15) is 0 Å². The van der Waals surface area contributed by atoms with Crippen LogP contribution < -0.4 is 5.56 Å². The second-order valence-electron chi connectivity index (χ2n) is 7.51. The first kappa shape index (κ1) is 18.4. The number of carbonyl (C=O) groups is 1. The normalized spacial score (nSPS) is 18.9. The monoisotopic (exact) mass is 402 g/mol. The molecular weight excluding hydrogens is 384 g/mol. The average Bonchev–Trinajstić information content (AvgIpc) is 3.10. The molecule has 0 aliphatic carbocycles. The minimum atomic E-state index is -1.85. The summed E-state index contributed by atoms with van der Waals surface area (Å²) in [5.74, 6) is -0.657. The second-order valence-corrected chi connectivity index (χ2v) is 7.51. The van der Waals surface area contributed by atoms with Crippen LogP contribution in [0.2, 0.25) is 0 Å². The minimum Gasteiger partial charge on any atom is -0.507 e. The summed E-state index contributed by atoms with van der Waals surface area (Å²) in [6, 6.07) is 6.81. The van der Waals surface area contributed by atoms with E-state index in [1.165, 1.54) is 0 Å². The zero-order valence-corrected chi connectivity index (χ0v) is 16.2. The molecular formula is C23H18N2O5. The third kappa shape index (κ3) is 2.27. The molecule has 7 heteroatoms. The number of phenolic OH excluding ortho intramolecular Hbond substituents is 1. The number of nitrogens with zero attached hydrogens (tertiary/aromatic N) is 2. The molecule has 5 rings (SSSR count). The lowest BCUT2D eigenvalue weighted by Crippen LogP contribution is -2.44. The van der Waals surface area contributed by atoms with E-state index in [4.69, 9.17) is 9.72 Å². The molecule has 1 aromatic carbocycles. The van der Waals surface area contributed by atoms with Gasteiger partial charge in [-0.3, -0.25) is 4.79 Å². The van der Waals surface area contributed by atoms with Crippen molar-refractivity contribution >= 4 is 22.9 Å². The first-order valence-electron chi connectivity index (χ1n) is 9.57. The van der Waals surface area contributed by atoms with Crippen molar-refractivity contribution in [3.05, 3.63) is 69.2 Å². The third-order valence-corrected chi connectivity index (χ3v) is 5.96. The van der Waals surface area contributed by atoms with Crippen molar-refractivity contribution < 1.29 is 19.7 Å². The summed E-state index contributed by atoms with van der Waals surface area (Å²) < 4.78 is 6.66. The molecule has 2 aliphatic rings. The van der Waals surface area contributed by atoms with Gasteiger partial charge in [-0.15, -0.1) is 5.73 Å². The number of pyridine rings is 2. The van der Waals surface area contributed by atoms with Crippen LogP contribution in [-0.2, 0) is 28.3 Å². The maximum atomic E-state index is 13.2. The number of carbonyl (C=O) groups excluding carboxylic acids is 1. The van der Waals surface area contributed by atoms with Crippen LogP contribution in [0.3, 0.4) is 0 Å². The van der Waals surface area contributed by atoms with Crippen LogP contribution >= 0.6 is 0 Å². The Balaban J connectivity index is 1.80. The smallest absolute Gasteiger partial charge is 0.343 e. The Bertz CT molecular complexity index is 1380. The number of fused-ring (bicyclic) bond motifs is 5. The highest BCUT2D eigenvalue weighted by Crippen LogP contribution is 2.39. The van der Waals surface area contributed by atoms with Gasteiger partial charge < -0.3 is 19.5 Å². The topological polar surface area (TPSA) is 102 Å². The SMILES string of the molecule is C=C=Cc1c(O)ccc2nc3c(cc12)Cn1c-3cc2c(c1=O)COC(=O)C2(O)CC. The lowest BCUT2D eigenvalue weighted by Gasteiger charge is -2.31. The van der Waals surface area contributed by atoms with Gasteiger partial charge in [0.2, 0.25) is 0 Å². The Hall–Kier alpha value is -3.67. The van der Waals surface area contributed by atoms with Gasteiger partial charge in [-0.05, 0) is 36.8 Å². The molecule has 0 saturated carbocycles. The third-order valence-electron chi connectivity index (χ3n) is 5.96. The van der Waals surface area contributed by atoms with Gasteiger partial charge in [0.1, 0.15) is 12.4 Å². The summed E-state index contributed by atoms with van der Waals surface area (Å²) in [5.41, 5.74) is 4.24. The first-order valence-corrected chi connectivity index (χ1v) is 9.57. The van der Waals surface area contributed by atoms with E-state index < -0.39 is 11.6 Å². The van der Waals surface area contributed by atoms with Crippen molar-refractivity contribution in [3.8, 4) is 17.1 Å². The highest BCUT2D eigenvalue weighted by Gasteiger charge is 2.45. The van der Waals surface area contributed by atoms with Crippen LogP contribution in [-0.4, -0.2) is 25.7 Å². The molecule has 0 radical (unpaired) electrons. The molecule has 3 aromatic rings. The molecule has 4 heterocycles. The maximum Gasteiger partial charge on any atom is 0.343 e. The molecule has 1 atom stereocenters. The quantitative estimate of drug-likeness (QED) is 0.395. The van der Waals surface area contributed by atoms with Crippen molar-refractivity contribution in [2.45, 2.75) is 32.1 Å². The van der Waals surface area contributed by atoms with Crippen LogP contribution in [0.5, 0.6) is 5.75 Å². The van der Waals surface area contributed by atoms with Crippen LogP contribution in [0.4, 0.5) is 0 Å². The number of aromatic hydroxyl groups is 1. The van der Waals surface area contributed by atoms with Gasteiger partial charge in [0.25, 0.3) is 5.56 Å². The number of ether oxygens (including phenoxy) is 1. The number of cyclic esters (lactones) is 1. The number of rotatable bonds is 2. The van der Waals surface area contributed by atoms with E-state index in [2.05, 4.69) is 12.3 Å². The Morgan fingerprint density at radius 2 is 2.17 bits per heavy atom. The Kier molecular flexibility index (Phi) is 3.77. The molecule has 1 unspecified atom stereocenters. The number of aromatic nitrogens is 2. The summed E-state index contributed by atoms with van der Waals surface area (Å²) in [6.07, 6.45) is 1.68. The van der Waals surface area contributed by atoms with Gasteiger partial charge in [0.15, 0.2) is 5.60 Å². The molecule has 2 aliphatic heterocycles. The highest BCUT2D eigenvalue weighted by molar-refractivity contribution is 5.93. The van der Waals surface area contributed by atoms with Crippen molar-refractivity contribution in [3.63, 3.8) is 0 Å². The Morgan fingerprint density at radius 3 is 2.90 bits per heavy atom. The molecule has 7 nitrogen and oxygen atoms in total. The van der Waals surface area contributed by atoms with Gasteiger partial charge in [0.05, 0.1) is 29.0 Å². The fourth-order valence-corrected chi connectivity index (χ4v) is 4.32. The fourth-order valence-electron chi connectivity index (χ4n) is 4.32. The van der Waals surface area contributed by atoms with Gasteiger partial charge >= 0.3 is 5.97 Å². The number of esters is 1. The predicted octanol–water partition coefficient (Wildman–Crippen LogP) is 2.58. The van der Waals surface area contributed by atoms with Gasteiger partial charge in [-0.25, -0.2) is 9.78 Å². The van der Waals surface area contributed by atoms with Crippen molar-refractivity contribution in [2.75, 3.05) is 0 Å². The average molecular weight is 402 g/mol. The maximum absolute atomic E-state index is 13.2. The van der Waals surface area contributed by atoms with Crippen LogP contribution in [0, 0.1) is 0 Å². The number of aliphatic hydroxyl groups is 1. The lowest BCUT2D eigenvalue weighted by atomic mass is 9.86. The van der Waals surface area contributed by atoms with E-state index in [9.17, 15) is 19.8 Å². The molecule has 0 spiro atoms. The molecule has 2 aromatic heterocycles. The predicted molar refractivity (Wildman–Crippen MR) is 110 cm³/mol. The summed E-state index contributed by atoms with van der Waals surface area (Å²) in [7, 11) is 0. The van der Waals surface area contributed by atoms with E-state index in [0.717, 1.165) is 10.9 Å². The molecule has 30 heavy (non-hydrogen) atoms. The van der Waals surface area contributed by atoms with Crippen LogP contribution in [0.15, 0.2) is 41.4 Å². The minimum absolute atomic E-state index is 0.0900. The van der Waals surface area contributed by atoms with E-state index in [-0.39, 0.29) is 35.5 Å². The Morgan fingerprint density at radius 1 is 1.37 bits per heavy atom. The number of hydrogen-bond acceptors (Lipinski definition) is 6. The van der Waals surface area contributed by atoms with Gasteiger partial charge in [0, 0.05) is 22.1 Å².